The number of ether oxygens (including phenoxy) is 2. The summed E-state index contributed by atoms with van der Waals surface area (Å²) in [5.41, 5.74) is 1.85. The average molecular weight is 291 g/mol. The molecule has 0 spiro atoms. The fourth-order valence-electron chi connectivity index (χ4n) is 2.16. The Morgan fingerprint density at radius 1 is 1.43 bits per heavy atom. The fraction of sp³-hybridized carbons (Fsp3) is 0.467. The minimum Gasteiger partial charge on any atom is -0.497 e. The summed E-state index contributed by atoms with van der Waals surface area (Å²) in [5.74, 6) is 0.769. The van der Waals surface area contributed by atoms with Crippen molar-refractivity contribution in [3.63, 3.8) is 0 Å². The first-order chi connectivity index (χ1) is 10.2. The highest BCUT2D eigenvalue weighted by molar-refractivity contribution is 5.78. The van der Waals surface area contributed by atoms with Gasteiger partial charge in [-0.2, -0.15) is 4.98 Å². The van der Waals surface area contributed by atoms with Crippen molar-refractivity contribution in [1.29, 1.82) is 0 Å². The monoisotopic (exact) mass is 291 g/mol. The Balaban J connectivity index is 2.23. The number of imidazole rings is 1. The van der Waals surface area contributed by atoms with Gasteiger partial charge in [-0.15, -0.1) is 0 Å². The molecule has 6 nitrogen and oxygen atoms in total. The quantitative estimate of drug-likeness (QED) is 0.792. The summed E-state index contributed by atoms with van der Waals surface area (Å²) < 4.78 is 12.9. The lowest BCUT2D eigenvalue weighted by Crippen LogP contribution is -2.22. The maximum Gasteiger partial charge on any atom is 0.297 e. The zero-order chi connectivity index (χ0) is 15.2. The highest BCUT2D eigenvalue weighted by Gasteiger charge is 2.12. The molecule has 1 N–H and O–H groups in total. The molecule has 0 radical (unpaired) electrons. The third kappa shape index (κ3) is 3.65. The van der Waals surface area contributed by atoms with Crippen LogP contribution >= 0.6 is 0 Å². The number of aryl methyl sites for hydroxylation is 1. The highest BCUT2D eigenvalue weighted by Crippen LogP contribution is 2.25. The second-order valence-corrected chi connectivity index (χ2v) is 4.67. The molecule has 1 amide bonds. The van der Waals surface area contributed by atoms with E-state index in [9.17, 15) is 4.79 Å². The lowest BCUT2D eigenvalue weighted by Gasteiger charge is -2.09. The van der Waals surface area contributed by atoms with E-state index in [0.717, 1.165) is 29.7 Å². The molecule has 1 aromatic carbocycles. The summed E-state index contributed by atoms with van der Waals surface area (Å²) in [4.78, 5) is 15.4. The van der Waals surface area contributed by atoms with Crippen LogP contribution in [0.4, 0.5) is 0 Å². The first-order valence-corrected chi connectivity index (χ1v) is 7.07. The van der Waals surface area contributed by atoms with Crippen LogP contribution in [0.2, 0.25) is 0 Å². The smallest absolute Gasteiger partial charge is 0.297 e. The molecule has 0 aliphatic heterocycles. The van der Waals surface area contributed by atoms with Crippen LogP contribution in [0, 0.1) is 0 Å². The summed E-state index contributed by atoms with van der Waals surface area (Å²) in [7, 11) is 1.64. The van der Waals surface area contributed by atoms with Gasteiger partial charge in [-0.05, 0) is 25.5 Å². The van der Waals surface area contributed by atoms with Gasteiger partial charge in [-0.3, -0.25) is 9.36 Å². The van der Waals surface area contributed by atoms with Crippen molar-refractivity contribution in [3.05, 3.63) is 18.2 Å². The first kappa shape index (κ1) is 15.2. The summed E-state index contributed by atoms with van der Waals surface area (Å²) in [6.45, 7) is 5.36. The van der Waals surface area contributed by atoms with Crippen molar-refractivity contribution in [2.75, 3.05) is 20.3 Å². The zero-order valence-corrected chi connectivity index (χ0v) is 12.7. The van der Waals surface area contributed by atoms with Gasteiger partial charge in [0.25, 0.3) is 6.01 Å². The Kier molecular flexibility index (Phi) is 5.03. The minimum atomic E-state index is -0.0165. The fourth-order valence-corrected chi connectivity index (χ4v) is 2.16. The number of carbonyl (C=O) groups is 1. The van der Waals surface area contributed by atoms with Crippen LogP contribution in [-0.4, -0.2) is 35.7 Å². The molecule has 21 heavy (non-hydrogen) atoms. The maximum atomic E-state index is 10.9. The minimum absolute atomic E-state index is 0.0165. The molecule has 0 fully saturated rings. The predicted octanol–water partition coefficient (Wildman–Crippen LogP) is 1.97. The lowest BCUT2D eigenvalue weighted by molar-refractivity contribution is -0.118. The summed E-state index contributed by atoms with van der Waals surface area (Å²) in [5, 5.41) is 2.79. The standard InChI is InChI=1S/C15H21N3O3/c1-4-21-15-17-13-7-6-12(20-3)10-14(13)18(15)9-5-8-16-11(2)19/h6-7,10H,4-5,8-9H2,1-3H3,(H,16,19). The van der Waals surface area contributed by atoms with Gasteiger partial charge in [-0.25, -0.2) is 0 Å². The number of hydrogen-bond acceptors (Lipinski definition) is 4. The summed E-state index contributed by atoms with van der Waals surface area (Å²) in [6, 6.07) is 6.35. The van der Waals surface area contributed by atoms with Gasteiger partial charge in [0.1, 0.15) is 5.75 Å². The molecule has 0 atom stereocenters. The molecule has 114 valence electrons. The number of nitrogens with zero attached hydrogens (tertiary/aromatic N) is 2. The largest absolute Gasteiger partial charge is 0.497 e. The molecule has 2 rings (SSSR count). The SMILES string of the molecule is CCOc1nc2ccc(OC)cc2n1CCCNC(C)=O. The van der Waals surface area contributed by atoms with Crippen LogP contribution in [0.1, 0.15) is 20.3 Å². The van der Waals surface area contributed by atoms with Gasteiger partial charge in [0.05, 0.1) is 24.8 Å². The van der Waals surface area contributed by atoms with E-state index < -0.39 is 0 Å². The maximum absolute atomic E-state index is 10.9. The number of amides is 1. The number of carbonyl (C=O) groups excluding carboxylic acids is 1. The average Bonchev–Trinajstić information content (AvgIpc) is 2.80. The van der Waals surface area contributed by atoms with E-state index >= 15 is 0 Å². The van der Waals surface area contributed by atoms with Crippen LogP contribution in [0.3, 0.4) is 0 Å². The number of nitrogens with one attached hydrogen (secondary N) is 1. The number of aromatic nitrogens is 2. The van der Waals surface area contributed by atoms with Gasteiger partial charge < -0.3 is 14.8 Å². The molecular formula is C15H21N3O3. The molecule has 0 saturated carbocycles. The van der Waals surface area contributed by atoms with E-state index in [1.807, 2.05) is 29.7 Å². The third-order valence-electron chi connectivity index (χ3n) is 3.13. The van der Waals surface area contributed by atoms with Crippen LogP contribution in [0.25, 0.3) is 11.0 Å². The molecule has 1 aromatic heterocycles. The van der Waals surface area contributed by atoms with E-state index in [1.54, 1.807) is 7.11 Å². The van der Waals surface area contributed by atoms with E-state index in [4.69, 9.17) is 9.47 Å². The van der Waals surface area contributed by atoms with Crippen LogP contribution in [0.5, 0.6) is 11.8 Å². The molecule has 1 heterocycles. The van der Waals surface area contributed by atoms with E-state index in [2.05, 4.69) is 10.3 Å². The molecule has 0 unspecified atom stereocenters. The molecule has 0 aliphatic rings. The van der Waals surface area contributed by atoms with Crippen LogP contribution in [0.15, 0.2) is 18.2 Å². The summed E-state index contributed by atoms with van der Waals surface area (Å²) in [6.07, 6.45) is 0.808. The zero-order valence-electron chi connectivity index (χ0n) is 12.7. The van der Waals surface area contributed by atoms with E-state index in [1.165, 1.54) is 6.92 Å². The normalized spacial score (nSPS) is 10.6. The number of hydrogen-bond donors (Lipinski definition) is 1. The Labute approximate surface area is 124 Å². The van der Waals surface area contributed by atoms with E-state index in [-0.39, 0.29) is 5.91 Å². The Hall–Kier alpha value is -2.24. The first-order valence-electron chi connectivity index (χ1n) is 7.07. The molecule has 2 aromatic rings. The van der Waals surface area contributed by atoms with Gasteiger partial charge in [-0.1, -0.05) is 0 Å². The lowest BCUT2D eigenvalue weighted by atomic mass is 10.3. The van der Waals surface area contributed by atoms with Gasteiger partial charge in [0.2, 0.25) is 5.91 Å². The van der Waals surface area contributed by atoms with Crippen molar-refractivity contribution in [1.82, 2.24) is 14.9 Å². The van der Waals surface area contributed by atoms with Crippen molar-refractivity contribution in [3.8, 4) is 11.8 Å². The second kappa shape index (κ2) is 6.97. The number of benzene rings is 1. The van der Waals surface area contributed by atoms with Crippen molar-refractivity contribution in [2.24, 2.45) is 0 Å². The molecule has 0 saturated heterocycles. The van der Waals surface area contributed by atoms with Crippen LogP contribution < -0.4 is 14.8 Å². The number of rotatable bonds is 7. The molecule has 0 bridgehead atoms. The topological polar surface area (TPSA) is 65.4 Å². The van der Waals surface area contributed by atoms with Gasteiger partial charge in [0.15, 0.2) is 0 Å². The van der Waals surface area contributed by atoms with Crippen molar-refractivity contribution < 1.29 is 14.3 Å². The molecule has 6 heteroatoms. The number of methoxy groups -OCH3 is 1. The van der Waals surface area contributed by atoms with Gasteiger partial charge in [0, 0.05) is 26.1 Å². The predicted molar refractivity (Wildman–Crippen MR) is 80.8 cm³/mol. The Bertz CT molecular complexity index is 622. The van der Waals surface area contributed by atoms with Crippen molar-refractivity contribution >= 4 is 16.9 Å². The van der Waals surface area contributed by atoms with Gasteiger partial charge >= 0.3 is 0 Å². The second-order valence-electron chi connectivity index (χ2n) is 4.67. The third-order valence-corrected chi connectivity index (χ3v) is 3.13. The summed E-state index contributed by atoms with van der Waals surface area (Å²) >= 11 is 0. The van der Waals surface area contributed by atoms with Crippen molar-refractivity contribution in [2.45, 2.75) is 26.8 Å². The van der Waals surface area contributed by atoms with E-state index in [0.29, 0.717) is 19.2 Å². The van der Waals surface area contributed by atoms with Crippen LogP contribution in [-0.2, 0) is 11.3 Å². The highest BCUT2D eigenvalue weighted by atomic mass is 16.5. The molecular weight excluding hydrogens is 270 g/mol. The Morgan fingerprint density at radius 3 is 2.90 bits per heavy atom. The Morgan fingerprint density at radius 2 is 2.24 bits per heavy atom. The number of fused-ring (bicyclic) bond motifs is 1. The molecule has 0 aliphatic carbocycles.